The predicted octanol–water partition coefficient (Wildman–Crippen LogP) is 2.37. The highest BCUT2D eigenvalue weighted by Gasteiger charge is 2.02. The van der Waals surface area contributed by atoms with Crippen molar-refractivity contribution in [3.63, 3.8) is 0 Å². The first-order valence-corrected chi connectivity index (χ1v) is 7.89. The minimum atomic E-state index is -0.842. The smallest absolute Gasteiger partial charge is 0.307 e. The van der Waals surface area contributed by atoms with Gasteiger partial charge in [-0.2, -0.15) is 0 Å². The Bertz CT molecular complexity index is 739. The molecule has 0 aliphatic carbocycles. The van der Waals surface area contributed by atoms with Crippen LogP contribution in [-0.2, 0) is 22.4 Å². The van der Waals surface area contributed by atoms with Crippen LogP contribution in [0.2, 0.25) is 0 Å². The largest absolute Gasteiger partial charge is 0.508 e. The molecule has 2 rings (SSSR count). The van der Waals surface area contributed by atoms with E-state index in [0.717, 1.165) is 5.56 Å². The molecule has 0 saturated heterocycles. The van der Waals surface area contributed by atoms with Crippen LogP contribution in [0.4, 0.5) is 0 Å². The van der Waals surface area contributed by atoms with E-state index >= 15 is 0 Å². The summed E-state index contributed by atoms with van der Waals surface area (Å²) >= 11 is 0. The molecule has 6 nitrogen and oxygen atoms in total. The Labute approximate surface area is 152 Å². The lowest BCUT2D eigenvalue weighted by atomic mass is 10.1. The maximum atomic E-state index is 10.8. The number of aliphatic carboxylic acids is 1. The zero-order valence-electron chi connectivity index (χ0n) is 14.3. The molecule has 0 atom stereocenters. The number of carboxylic acids is 1. The van der Waals surface area contributed by atoms with Crippen molar-refractivity contribution in [2.75, 3.05) is 13.2 Å². The summed E-state index contributed by atoms with van der Waals surface area (Å²) in [6, 6.07) is 13.5. The average molecular weight is 358 g/mol. The number of hydrogen-bond acceptors (Lipinski definition) is 5. The number of carbonyl (C=O) groups is 2. The Morgan fingerprint density at radius 1 is 1.04 bits per heavy atom. The van der Waals surface area contributed by atoms with Gasteiger partial charge in [0.2, 0.25) is 0 Å². The number of phenols is 1. The van der Waals surface area contributed by atoms with Gasteiger partial charge in [0.1, 0.15) is 24.7 Å². The van der Waals surface area contributed by atoms with Gasteiger partial charge in [-0.3, -0.25) is 9.59 Å². The molecule has 0 aliphatic heterocycles. The van der Waals surface area contributed by atoms with E-state index in [1.165, 1.54) is 12.1 Å². The van der Waals surface area contributed by atoms with Crippen LogP contribution in [-0.4, -0.2) is 40.3 Å². The number of Topliss-reactive ketones (excluding diaryl/α,β-unsaturated/α-hetero) is 1. The van der Waals surface area contributed by atoms with Gasteiger partial charge >= 0.3 is 5.97 Å². The van der Waals surface area contributed by atoms with Crippen molar-refractivity contribution in [1.82, 2.24) is 0 Å². The lowest BCUT2D eigenvalue weighted by molar-refractivity contribution is -0.136. The van der Waals surface area contributed by atoms with Crippen LogP contribution in [0, 0.1) is 0 Å². The van der Waals surface area contributed by atoms with Gasteiger partial charge in [0.15, 0.2) is 5.78 Å². The Hall–Kier alpha value is -3.12. The summed E-state index contributed by atoms with van der Waals surface area (Å²) < 4.78 is 5.27. The van der Waals surface area contributed by atoms with Gasteiger partial charge in [0, 0.05) is 6.42 Å². The Morgan fingerprint density at radius 2 is 1.69 bits per heavy atom. The summed E-state index contributed by atoms with van der Waals surface area (Å²) in [5, 5.41) is 26.1. The van der Waals surface area contributed by atoms with Crippen LogP contribution < -0.4 is 4.74 Å². The van der Waals surface area contributed by atoms with E-state index < -0.39 is 12.6 Å². The predicted molar refractivity (Wildman–Crippen MR) is 97.4 cm³/mol. The van der Waals surface area contributed by atoms with Gasteiger partial charge in [0.25, 0.3) is 0 Å². The summed E-state index contributed by atoms with van der Waals surface area (Å²) in [5.74, 6) is -0.284. The van der Waals surface area contributed by atoms with Crippen LogP contribution in [0.25, 0.3) is 0 Å². The molecule has 0 saturated carbocycles. The van der Waals surface area contributed by atoms with E-state index in [9.17, 15) is 9.59 Å². The molecule has 0 unspecified atom stereocenters. The minimum absolute atomic E-state index is 0.0191. The summed E-state index contributed by atoms with van der Waals surface area (Å²) in [6.45, 7) is 3.51. The number of phenolic OH excluding ortho intramolecular Hbond substituents is 1. The molecule has 0 heterocycles. The molecule has 26 heavy (non-hydrogen) atoms. The monoisotopic (exact) mass is 358 g/mol. The van der Waals surface area contributed by atoms with E-state index in [2.05, 4.69) is 6.58 Å². The van der Waals surface area contributed by atoms with Crippen molar-refractivity contribution in [2.24, 2.45) is 0 Å². The molecule has 0 fully saturated rings. The molecule has 6 heteroatoms. The number of aromatic hydroxyl groups is 1. The van der Waals surface area contributed by atoms with Gasteiger partial charge in [0.05, 0.1) is 6.42 Å². The number of aliphatic hydroxyl groups is 1. The van der Waals surface area contributed by atoms with Crippen molar-refractivity contribution in [3.8, 4) is 11.5 Å². The summed E-state index contributed by atoms with van der Waals surface area (Å²) in [4.78, 5) is 21.2. The normalized spacial score (nSPS) is 9.58. The van der Waals surface area contributed by atoms with Gasteiger partial charge in [-0.05, 0) is 35.4 Å². The fourth-order valence-electron chi connectivity index (χ4n) is 2.03. The minimum Gasteiger partial charge on any atom is -0.508 e. The van der Waals surface area contributed by atoms with E-state index in [1.807, 2.05) is 0 Å². The number of carboxylic acid groups (broad SMARTS) is 1. The first kappa shape index (κ1) is 20.9. The second-order valence-electron chi connectivity index (χ2n) is 5.36. The van der Waals surface area contributed by atoms with Gasteiger partial charge < -0.3 is 20.1 Å². The lowest BCUT2D eigenvalue weighted by Crippen LogP contribution is -2.06. The molecule has 0 bridgehead atoms. The number of aliphatic hydroxyl groups excluding tert-OH is 1. The van der Waals surface area contributed by atoms with Crippen molar-refractivity contribution >= 4 is 11.8 Å². The van der Waals surface area contributed by atoms with Crippen LogP contribution >= 0.6 is 0 Å². The second-order valence-corrected chi connectivity index (χ2v) is 5.36. The third kappa shape index (κ3) is 8.65. The quantitative estimate of drug-likeness (QED) is 0.626. The highest BCUT2D eigenvalue weighted by Crippen LogP contribution is 2.13. The summed E-state index contributed by atoms with van der Waals surface area (Å²) in [6.07, 6.45) is 1.83. The molecule has 0 aliphatic rings. The molecule has 2 aromatic rings. The SMILES string of the molecule is C=CCOc1cccc(CC(=O)O)c1.O=C(CO)Cc1cccc(O)c1. The maximum absolute atomic E-state index is 10.8. The highest BCUT2D eigenvalue weighted by molar-refractivity contribution is 5.81. The van der Waals surface area contributed by atoms with Crippen molar-refractivity contribution in [2.45, 2.75) is 12.8 Å². The standard InChI is InChI=1S/C11H12O3.C9H10O3/c1-2-6-14-10-5-3-4-9(7-10)8-11(12)13;10-6-9(12)5-7-2-1-3-8(11)4-7/h2-5,7H,1,6,8H2,(H,12,13);1-4,10-11H,5-6H2. The molecular formula is C20H22O6. The molecule has 0 radical (unpaired) electrons. The van der Waals surface area contributed by atoms with Crippen LogP contribution in [0.15, 0.2) is 61.2 Å². The van der Waals surface area contributed by atoms with Crippen molar-refractivity contribution in [3.05, 3.63) is 72.3 Å². The van der Waals surface area contributed by atoms with E-state index in [4.69, 9.17) is 20.1 Å². The Balaban J connectivity index is 0.000000263. The van der Waals surface area contributed by atoms with Crippen LogP contribution in [0.1, 0.15) is 11.1 Å². The first-order valence-electron chi connectivity index (χ1n) is 7.89. The Kier molecular flexibility index (Phi) is 9.20. The third-order valence-corrected chi connectivity index (χ3v) is 3.11. The average Bonchev–Trinajstić information content (AvgIpc) is 2.60. The first-order chi connectivity index (χ1) is 12.4. The number of ether oxygens (including phenoxy) is 1. The zero-order chi connectivity index (χ0) is 19.4. The van der Waals surface area contributed by atoms with Crippen molar-refractivity contribution in [1.29, 1.82) is 0 Å². The molecule has 3 N–H and O–H groups in total. The third-order valence-electron chi connectivity index (χ3n) is 3.11. The number of benzene rings is 2. The number of hydrogen-bond donors (Lipinski definition) is 3. The molecule has 0 aromatic heterocycles. The number of carbonyl (C=O) groups excluding carboxylic acids is 1. The maximum Gasteiger partial charge on any atom is 0.307 e. The zero-order valence-corrected chi connectivity index (χ0v) is 14.3. The molecule has 0 amide bonds. The van der Waals surface area contributed by atoms with Crippen LogP contribution in [0.3, 0.4) is 0 Å². The highest BCUT2D eigenvalue weighted by atomic mass is 16.5. The number of ketones is 1. The van der Waals surface area contributed by atoms with E-state index in [-0.39, 0.29) is 24.4 Å². The lowest BCUT2D eigenvalue weighted by Gasteiger charge is -2.04. The fraction of sp³-hybridized carbons (Fsp3) is 0.200. The van der Waals surface area contributed by atoms with Gasteiger partial charge in [-0.1, -0.05) is 36.9 Å². The van der Waals surface area contributed by atoms with Gasteiger partial charge in [-0.15, -0.1) is 0 Å². The molecule has 2 aromatic carbocycles. The second kappa shape index (κ2) is 11.4. The van der Waals surface area contributed by atoms with E-state index in [0.29, 0.717) is 17.9 Å². The van der Waals surface area contributed by atoms with Crippen LogP contribution in [0.5, 0.6) is 11.5 Å². The topological polar surface area (TPSA) is 104 Å². The molecule has 138 valence electrons. The number of rotatable bonds is 8. The van der Waals surface area contributed by atoms with E-state index in [1.54, 1.807) is 42.5 Å². The summed E-state index contributed by atoms with van der Waals surface area (Å²) in [5.41, 5.74) is 1.45. The summed E-state index contributed by atoms with van der Waals surface area (Å²) in [7, 11) is 0. The molecule has 0 spiro atoms. The van der Waals surface area contributed by atoms with Gasteiger partial charge in [-0.25, -0.2) is 0 Å². The van der Waals surface area contributed by atoms with Crippen molar-refractivity contribution < 1.29 is 29.6 Å². The fourth-order valence-corrected chi connectivity index (χ4v) is 2.03. The Morgan fingerprint density at radius 3 is 2.27 bits per heavy atom. The molecular weight excluding hydrogens is 336 g/mol.